The van der Waals surface area contributed by atoms with E-state index < -0.39 is 12.2 Å². The molecule has 3 aromatic rings. The van der Waals surface area contributed by atoms with Crippen molar-refractivity contribution in [2.45, 2.75) is 58.3 Å². The van der Waals surface area contributed by atoms with E-state index in [0.29, 0.717) is 63.1 Å². The largest absolute Gasteiger partial charge is 0.482 e. The normalized spacial score (nSPS) is 12.9. The van der Waals surface area contributed by atoms with Gasteiger partial charge in [0, 0.05) is 23.2 Å². The molecule has 4 rings (SSSR count). The number of hydrogen-bond acceptors (Lipinski definition) is 9. The van der Waals surface area contributed by atoms with Crippen molar-refractivity contribution in [1.82, 2.24) is 5.32 Å². The monoisotopic (exact) mass is 736 g/mol. The van der Waals surface area contributed by atoms with E-state index in [4.69, 9.17) is 77.3 Å². The number of aliphatic imine (C=N–C) groups is 1. The average Bonchev–Trinajstić information content (AvgIpc) is 3.69. The number of benzene rings is 3. The van der Waals surface area contributed by atoms with Crippen molar-refractivity contribution in [2.24, 2.45) is 4.99 Å². The molecule has 9 nitrogen and oxygen atoms in total. The van der Waals surface area contributed by atoms with Gasteiger partial charge in [0.15, 0.2) is 24.6 Å². The molecule has 3 atom stereocenters. The number of nitriles is 1. The smallest absolute Gasteiger partial charge is 0.222 e. The maximum Gasteiger partial charge on any atom is 0.222 e. The highest BCUT2D eigenvalue weighted by molar-refractivity contribution is 6.34. The summed E-state index contributed by atoms with van der Waals surface area (Å²) in [6.45, 7) is 7.45. The number of amidine groups is 1. The van der Waals surface area contributed by atoms with Crippen LogP contribution in [-0.4, -0.2) is 56.5 Å². The molecule has 1 heterocycles. The van der Waals surface area contributed by atoms with Gasteiger partial charge in [-0.25, -0.2) is 0 Å². The number of carbonyl (C=O) groups is 1. The van der Waals surface area contributed by atoms with Crippen LogP contribution in [0.3, 0.4) is 0 Å². The summed E-state index contributed by atoms with van der Waals surface area (Å²) < 4.78 is 21.7. The molecule has 1 aliphatic heterocycles. The van der Waals surface area contributed by atoms with E-state index in [-0.39, 0.29) is 17.0 Å². The van der Waals surface area contributed by atoms with Crippen molar-refractivity contribution >= 4 is 52.8 Å². The molecule has 0 radical (unpaired) electrons. The molecule has 3 aromatic carbocycles. The summed E-state index contributed by atoms with van der Waals surface area (Å²) in [4.78, 5) is 15.0. The van der Waals surface area contributed by atoms with Crippen LogP contribution in [0.25, 0.3) is 0 Å². The molecule has 12 heteroatoms. The van der Waals surface area contributed by atoms with Gasteiger partial charge in [0.05, 0.1) is 28.7 Å². The Balaban J connectivity index is 0.000000261. The second-order valence-electron chi connectivity index (χ2n) is 10.2. The fraction of sp³-hybridized carbons (Fsp3) is 0.316. The highest BCUT2D eigenvalue weighted by Crippen LogP contribution is 2.30. The molecular formula is C38H39Cl3N4O5. The Morgan fingerprint density at radius 2 is 1.46 bits per heavy atom. The van der Waals surface area contributed by atoms with E-state index in [1.807, 2.05) is 39.0 Å². The molecule has 0 amide bonds. The van der Waals surface area contributed by atoms with Crippen molar-refractivity contribution in [2.75, 3.05) is 20.2 Å². The zero-order valence-electron chi connectivity index (χ0n) is 28.3. The number of carbonyl (C=O) groups excluding carboxylic acids is 1. The summed E-state index contributed by atoms with van der Waals surface area (Å²) in [6.07, 6.45) is 12.3. The minimum absolute atomic E-state index is 0.0645. The van der Waals surface area contributed by atoms with Crippen LogP contribution in [0.2, 0.25) is 15.1 Å². The number of nitrogens with zero attached hydrogens (tertiary/aromatic N) is 2. The van der Waals surface area contributed by atoms with Crippen molar-refractivity contribution in [3.05, 3.63) is 86.4 Å². The number of halogens is 3. The lowest BCUT2D eigenvalue weighted by Crippen LogP contribution is -2.35. The Morgan fingerprint density at radius 1 is 0.900 bits per heavy atom. The number of rotatable bonds is 12. The fourth-order valence-electron chi connectivity index (χ4n) is 4.22. The van der Waals surface area contributed by atoms with Gasteiger partial charge >= 0.3 is 0 Å². The van der Waals surface area contributed by atoms with Gasteiger partial charge in [0.25, 0.3) is 0 Å². The van der Waals surface area contributed by atoms with Crippen LogP contribution in [0, 0.1) is 41.4 Å². The lowest BCUT2D eigenvalue weighted by atomic mass is 10.2. The van der Waals surface area contributed by atoms with Crippen molar-refractivity contribution in [3.8, 4) is 48.0 Å². The Morgan fingerprint density at radius 3 is 1.90 bits per heavy atom. The first-order chi connectivity index (χ1) is 24.1. The SMILES string of the molecule is C#Cc1cccc(OC(CC)C(=N)OC)c1Cl.C#Cc1cccc(OC(CC)C2=NCCN2)c1Cl.CCC(C#N)Oc1cccc(C=O)c1Cl. The summed E-state index contributed by atoms with van der Waals surface area (Å²) in [5, 5.41) is 20.6. The predicted octanol–water partition coefficient (Wildman–Crippen LogP) is 8.42. The zero-order chi connectivity index (χ0) is 37.1. The van der Waals surface area contributed by atoms with Gasteiger partial charge in [-0.3, -0.25) is 15.2 Å². The summed E-state index contributed by atoms with van der Waals surface area (Å²) in [6, 6.07) is 17.6. The third-order valence-corrected chi connectivity index (χ3v) is 8.12. The minimum Gasteiger partial charge on any atom is -0.482 e. The molecule has 0 aromatic heterocycles. The third kappa shape index (κ3) is 11.9. The van der Waals surface area contributed by atoms with E-state index in [1.165, 1.54) is 7.11 Å². The molecule has 3 unspecified atom stereocenters. The van der Waals surface area contributed by atoms with Gasteiger partial charge in [-0.1, -0.05) is 85.6 Å². The van der Waals surface area contributed by atoms with E-state index >= 15 is 0 Å². The molecule has 0 aliphatic carbocycles. The topological polar surface area (TPSA) is 126 Å². The summed E-state index contributed by atoms with van der Waals surface area (Å²) in [5.41, 5.74) is 1.58. The van der Waals surface area contributed by atoms with Gasteiger partial charge in [-0.15, -0.1) is 12.8 Å². The third-order valence-electron chi connectivity index (χ3n) is 6.94. The van der Waals surface area contributed by atoms with Crippen LogP contribution in [0.4, 0.5) is 0 Å². The van der Waals surface area contributed by atoms with Crippen LogP contribution >= 0.6 is 34.8 Å². The Hall–Kier alpha value is -4.85. The van der Waals surface area contributed by atoms with E-state index in [9.17, 15) is 4.79 Å². The van der Waals surface area contributed by atoms with Crippen LogP contribution in [0.5, 0.6) is 17.2 Å². The number of ether oxygens (including phenoxy) is 4. The maximum atomic E-state index is 10.6. The maximum absolute atomic E-state index is 10.6. The van der Waals surface area contributed by atoms with E-state index in [2.05, 4.69) is 22.2 Å². The molecule has 0 bridgehead atoms. The Labute approximate surface area is 309 Å². The second kappa shape index (κ2) is 22.0. The summed E-state index contributed by atoms with van der Waals surface area (Å²) >= 11 is 18.2. The second-order valence-corrected chi connectivity index (χ2v) is 11.4. The number of methoxy groups -OCH3 is 1. The van der Waals surface area contributed by atoms with E-state index in [0.717, 1.165) is 25.3 Å². The zero-order valence-corrected chi connectivity index (χ0v) is 30.5. The first kappa shape index (κ1) is 41.3. The highest BCUT2D eigenvalue weighted by atomic mass is 35.5. The number of nitrogens with one attached hydrogen (secondary N) is 2. The molecule has 0 fully saturated rings. The predicted molar refractivity (Wildman–Crippen MR) is 200 cm³/mol. The van der Waals surface area contributed by atoms with E-state index in [1.54, 1.807) is 42.5 Å². The van der Waals surface area contributed by atoms with Gasteiger partial charge in [-0.2, -0.15) is 5.26 Å². The van der Waals surface area contributed by atoms with Crippen LogP contribution < -0.4 is 19.5 Å². The number of terminal acetylenes is 2. The summed E-state index contributed by atoms with van der Waals surface area (Å²) in [7, 11) is 1.44. The average molecular weight is 738 g/mol. The van der Waals surface area contributed by atoms with Crippen LogP contribution in [-0.2, 0) is 4.74 Å². The molecule has 262 valence electrons. The Kier molecular flexibility index (Phi) is 18.2. The first-order valence-corrected chi connectivity index (χ1v) is 16.8. The lowest BCUT2D eigenvalue weighted by Gasteiger charge is -2.19. The molecule has 0 spiro atoms. The van der Waals surface area contributed by atoms with Crippen LogP contribution in [0.1, 0.15) is 61.5 Å². The van der Waals surface area contributed by atoms with Crippen LogP contribution in [0.15, 0.2) is 59.6 Å². The fourth-order valence-corrected chi connectivity index (χ4v) is 4.88. The van der Waals surface area contributed by atoms with Gasteiger partial charge < -0.3 is 24.3 Å². The molecule has 2 N–H and O–H groups in total. The first-order valence-electron chi connectivity index (χ1n) is 15.7. The number of aldehydes is 1. The van der Waals surface area contributed by atoms with Gasteiger partial charge in [0.1, 0.15) is 29.2 Å². The number of hydrogen-bond donors (Lipinski definition) is 2. The Bertz CT molecular complexity index is 1760. The molecule has 0 saturated heterocycles. The van der Waals surface area contributed by atoms with Gasteiger partial charge in [-0.05, 0) is 55.7 Å². The summed E-state index contributed by atoms with van der Waals surface area (Å²) in [5.74, 6) is 7.41. The lowest BCUT2D eigenvalue weighted by molar-refractivity contribution is 0.112. The highest BCUT2D eigenvalue weighted by Gasteiger charge is 2.20. The van der Waals surface area contributed by atoms with Crippen molar-refractivity contribution in [3.63, 3.8) is 0 Å². The molecule has 50 heavy (non-hydrogen) atoms. The quantitative estimate of drug-likeness (QED) is 0.0828. The van der Waals surface area contributed by atoms with Gasteiger partial charge in [0.2, 0.25) is 5.90 Å². The standard InChI is InChI=1S/C14H15ClN2O.C13H14ClNO2.C11H10ClNO2/c1-3-10-6-5-7-12(13(10)15)18-11(4-2)14-16-8-9-17-14;1-4-9-7-6-8-11(12(9)14)17-10(5-2)13(15)16-3;1-2-9(6-13)15-10-5-3-4-8(7-14)11(10)12/h1,5-7,11H,4,8-9H2,2H3,(H,16,17);1,6-8,10,15H,5H2,2-3H3;3-5,7,9H,2H2,1H3. The molecule has 0 saturated carbocycles. The van der Waals surface area contributed by atoms with Crippen molar-refractivity contribution in [1.29, 1.82) is 10.7 Å². The van der Waals surface area contributed by atoms with Crippen molar-refractivity contribution < 1.29 is 23.7 Å². The molecule has 1 aliphatic rings. The minimum atomic E-state index is -0.538. The molecular weight excluding hydrogens is 699 g/mol.